The van der Waals surface area contributed by atoms with Crippen LogP contribution in [0, 0.1) is 13.8 Å². The number of aryl methyl sites for hydroxylation is 2. The van der Waals surface area contributed by atoms with Crippen LogP contribution in [0.15, 0.2) is 53.5 Å². The molecule has 0 spiro atoms. The number of aliphatic hydroxyl groups is 1. The van der Waals surface area contributed by atoms with Gasteiger partial charge in [0.15, 0.2) is 0 Å². The number of hydrogen-bond acceptors (Lipinski definition) is 6. The predicted octanol–water partition coefficient (Wildman–Crippen LogP) is 3.52. The van der Waals surface area contributed by atoms with Crippen molar-refractivity contribution in [2.45, 2.75) is 20.0 Å². The number of nitrogens with one attached hydrogen (secondary N) is 3. The number of nitrogens with zero attached hydrogens (tertiary/aromatic N) is 2. The van der Waals surface area contributed by atoms with E-state index in [1.54, 1.807) is 12.3 Å². The number of imidazole rings is 1. The van der Waals surface area contributed by atoms with Crippen molar-refractivity contribution in [1.29, 1.82) is 0 Å². The fourth-order valence-electron chi connectivity index (χ4n) is 4.46. The van der Waals surface area contributed by atoms with E-state index in [0.29, 0.717) is 30.3 Å². The quantitative estimate of drug-likeness (QED) is 0.352. The zero-order valence-corrected chi connectivity index (χ0v) is 19.4. The van der Waals surface area contributed by atoms with Crippen LogP contribution < -0.4 is 15.8 Å². The van der Waals surface area contributed by atoms with Crippen molar-refractivity contribution in [3.05, 3.63) is 75.7 Å². The molecule has 2 aromatic carbocycles. The Balaban J connectivity index is 1.46. The molecular weight excluding hydrogens is 430 g/mol. The molecule has 34 heavy (non-hydrogen) atoms. The molecule has 8 heteroatoms. The maximum Gasteiger partial charge on any atom is 0.261 e. The number of aromatic nitrogens is 3. The summed E-state index contributed by atoms with van der Waals surface area (Å²) in [5, 5.41) is 13.9. The third-order valence-electron chi connectivity index (χ3n) is 6.25. The van der Waals surface area contributed by atoms with Gasteiger partial charge in [-0.3, -0.25) is 4.79 Å². The molecule has 0 amide bonds. The van der Waals surface area contributed by atoms with Gasteiger partial charge in [0.25, 0.3) is 5.56 Å². The van der Waals surface area contributed by atoms with Gasteiger partial charge in [0.05, 0.1) is 36.0 Å². The summed E-state index contributed by atoms with van der Waals surface area (Å²) in [4.78, 5) is 26.0. The number of aromatic amines is 2. The lowest BCUT2D eigenvalue weighted by Gasteiger charge is -2.29. The number of fused-ring (bicyclic) bond motifs is 1. The van der Waals surface area contributed by atoms with Crippen LogP contribution in [0.5, 0.6) is 0 Å². The van der Waals surface area contributed by atoms with Gasteiger partial charge in [0, 0.05) is 31.5 Å². The van der Waals surface area contributed by atoms with E-state index < -0.39 is 6.10 Å². The summed E-state index contributed by atoms with van der Waals surface area (Å²) in [6.07, 6.45) is 0.888. The number of aliphatic hydroxyl groups excluding tert-OH is 1. The Kier molecular flexibility index (Phi) is 6.08. The number of pyridine rings is 1. The first kappa shape index (κ1) is 22.2. The Morgan fingerprint density at radius 3 is 2.79 bits per heavy atom. The number of morpholine rings is 1. The van der Waals surface area contributed by atoms with Crippen molar-refractivity contribution >= 4 is 22.4 Å². The second-order valence-corrected chi connectivity index (χ2v) is 8.75. The summed E-state index contributed by atoms with van der Waals surface area (Å²) in [6.45, 7) is 7.42. The fourth-order valence-corrected chi connectivity index (χ4v) is 4.46. The monoisotopic (exact) mass is 459 g/mol. The van der Waals surface area contributed by atoms with Crippen molar-refractivity contribution in [1.82, 2.24) is 15.0 Å². The summed E-state index contributed by atoms with van der Waals surface area (Å²) < 4.78 is 5.48. The molecule has 5 rings (SSSR count). The van der Waals surface area contributed by atoms with E-state index in [9.17, 15) is 9.90 Å². The lowest BCUT2D eigenvalue weighted by Crippen LogP contribution is -2.36. The van der Waals surface area contributed by atoms with Gasteiger partial charge in [-0.1, -0.05) is 29.8 Å². The molecule has 1 unspecified atom stereocenters. The number of hydrogen-bond donors (Lipinski definition) is 4. The molecule has 1 aliphatic rings. The average molecular weight is 460 g/mol. The van der Waals surface area contributed by atoms with Crippen molar-refractivity contribution in [3.8, 4) is 11.4 Å². The van der Waals surface area contributed by atoms with E-state index in [2.05, 4.69) is 32.3 Å². The van der Waals surface area contributed by atoms with Gasteiger partial charge >= 0.3 is 0 Å². The highest BCUT2D eigenvalue weighted by molar-refractivity contribution is 5.87. The normalized spacial score (nSPS) is 15.0. The molecule has 0 aliphatic carbocycles. The number of rotatable bonds is 6. The zero-order chi connectivity index (χ0) is 23.7. The van der Waals surface area contributed by atoms with Gasteiger partial charge in [0.1, 0.15) is 11.4 Å². The van der Waals surface area contributed by atoms with Gasteiger partial charge in [-0.15, -0.1) is 0 Å². The minimum atomic E-state index is -0.707. The smallest absolute Gasteiger partial charge is 0.261 e. The number of ether oxygens (including phenoxy) is 1. The van der Waals surface area contributed by atoms with E-state index in [-0.39, 0.29) is 12.1 Å². The van der Waals surface area contributed by atoms with Crippen LogP contribution >= 0.6 is 0 Å². The molecule has 1 fully saturated rings. The molecule has 1 saturated heterocycles. The largest absolute Gasteiger partial charge is 0.387 e. The van der Waals surface area contributed by atoms with Crippen LogP contribution in [0.3, 0.4) is 0 Å². The van der Waals surface area contributed by atoms with Gasteiger partial charge in [-0.25, -0.2) is 4.98 Å². The van der Waals surface area contributed by atoms with Crippen molar-refractivity contribution in [2.75, 3.05) is 43.1 Å². The Bertz CT molecular complexity index is 1370. The van der Waals surface area contributed by atoms with E-state index in [0.717, 1.165) is 46.5 Å². The zero-order valence-electron chi connectivity index (χ0n) is 19.4. The van der Waals surface area contributed by atoms with Crippen LogP contribution in [-0.2, 0) is 4.74 Å². The van der Waals surface area contributed by atoms with E-state index >= 15 is 0 Å². The molecule has 1 aliphatic heterocycles. The van der Waals surface area contributed by atoms with E-state index in [1.807, 2.05) is 38.1 Å². The second kappa shape index (κ2) is 9.32. The summed E-state index contributed by atoms with van der Waals surface area (Å²) in [7, 11) is 0. The molecule has 0 saturated carbocycles. The van der Waals surface area contributed by atoms with Crippen LogP contribution in [-0.4, -0.2) is 52.9 Å². The molecule has 4 aromatic rings. The topological polar surface area (TPSA) is 106 Å². The SMILES string of the molecule is Cc1cccc(C(O)CNc2cc[nH]c(=O)c2-c2nc3c(C)cc(N4CCOCC4)cc3[nH]2)c1. The molecule has 176 valence electrons. The average Bonchev–Trinajstić information content (AvgIpc) is 3.27. The van der Waals surface area contributed by atoms with Gasteiger partial charge in [-0.05, 0) is 43.2 Å². The third-order valence-corrected chi connectivity index (χ3v) is 6.25. The molecular formula is C26H29N5O3. The third kappa shape index (κ3) is 4.42. The molecule has 1 atom stereocenters. The van der Waals surface area contributed by atoms with Crippen LogP contribution in [0.2, 0.25) is 0 Å². The predicted molar refractivity (Wildman–Crippen MR) is 135 cm³/mol. The summed E-state index contributed by atoms with van der Waals surface area (Å²) in [6, 6.07) is 13.8. The summed E-state index contributed by atoms with van der Waals surface area (Å²) in [5.41, 5.74) is 6.56. The van der Waals surface area contributed by atoms with Crippen LogP contribution in [0.25, 0.3) is 22.4 Å². The Hall–Kier alpha value is -3.62. The summed E-state index contributed by atoms with van der Waals surface area (Å²) >= 11 is 0. The molecule has 8 nitrogen and oxygen atoms in total. The van der Waals surface area contributed by atoms with Crippen molar-refractivity contribution in [3.63, 3.8) is 0 Å². The van der Waals surface area contributed by atoms with E-state index in [4.69, 9.17) is 9.72 Å². The Labute approximate surface area is 197 Å². The fraction of sp³-hybridized carbons (Fsp3) is 0.308. The van der Waals surface area contributed by atoms with Gasteiger partial charge < -0.3 is 30.0 Å². The molecule has 2 aromatic heterocycles. The minimum Gasteiger partial charge on any atom is -0.387 e. The molecule has 4 N–H and O–H groups in total. The molecule has 0 radical (unpaired) electrons. The standard InChI is InChI=1S/C26H29N5O3/c1-16-4-3-5-18(12-16)22(32)15-28-20-6-7-27-26(33)23(20)25-29-21-14-19(13-17(2)24(21)30-25)31-8-10-34-11-9-31/h3-7,12-14,22,32H,8-11,15H2,1-2H3,(H,29,30)(H2,27,28,33). The minimum absolute atomic E-state index is 0.250. The molecule has 0 bridgehead atoms. The second-order valence-electron chi connectivity index (χ2n) is 8.75. The van der Waals surface area contributed by atoms with Crippen LogP contribution in [0.4, 0.5) is 11.4 Å². The Morgan fingerprint density at radius 2 is 2.00 bits per heavy atom. The lowest BCUT2D eigenvalue weighted by atomic mass is 10.1. The highest BCUT2D eigenvalue weighted by Crippen LogP contribution is 2.29. The first-order valence-corrected chi connectivity index (χ1v) is 11.5. The summed E-state index contributed by atoms with van der Waals surface area (Å²) in [5.74, 6) is 0.492. The first-order chi connectivity index (χ1) is 16.5. The van der Waals surface area contributed by atoms with Gasteiger partial charge in [-0.2, -0.15) is 0 Å². The van der Waals surface area contributed by atoms with Crippen LogP contribution in [0.1, 0.15) is 22.8 Å². The van der Waals surface area contributed by atoms with Gasteiger partial charge in [0.2, 0.25) is 0 Å². The van der Waals surface area contributed by atoms with E-state index in [1.165, 1.54) is 0 Å². The number of anilines is 2. The lowest BCUT2D eigenvalue weighted by molar-refractivity contribution is 0.122. The highest BCUT2D eigenvalue weighted by atomic mass is 16.5. The Morgan fingerprint density at radius 1 is 1.18 bits per heavy atom. The van der Waals surface area contributed by atoms with Crippen molar-refractivity contribution < 1.29 is 9.84 Å². The maximum absolute atomic E-state index is 12.8. The first-order valence-electron chi connectivity index (χ1n) is 11.5. The molecule has 3 heterocycles. The highest BCUT2D eigenvalue weighted by Gasteiger charge is 2.18. The number of H-pyrrole nitrogens is 2. The number of benzene rings is 2. The maximum atomic E-state index is 12.8. The van der Waals surface area contributed by atoms with Crippen molar-refractivity contribution in [2.24, 2.45) is 0 Å².